The van der Waals surface area contributed by atoms with E-state index in [0.717, 1.165) is 33.2 Å². The third kappa shape index (κ3) is 8.31. The molecule has 0 spiro atoms. The molecule has 0 saturated carbocycles. The minimum absolute atomic E-state index is 0. The van der Waals surface area contributed by atoms with Gasteiger partial charge in [0.05, 0.1) is 27.7 Å². The van der Waals surface area contributed by atoms with Crippen LogP contribution in [0.4, 0.5) is 0 Å². The number of pyridine rings is 1. The van der Waals surface area contributed by atoms with Gasteiger partial charge in [0.25, 0.3) is 6.33 Å². The second-order valence-electron chi connectivity index (χ2n) is 19.6. The van der Waals surface area contributed by atoms with Crippen LogP contribution in [0.15, 0.2) is 164 Å². The second-order valence-corrected chi connectivity index (χ2v) is 19.6. The molecule has 332 valence electrons. The van der Waals surface area contributed by atoms with Crippen molar-refractivity contribution in [1.82, 2.24) is 14.1 Å². The van der Waals surface area contributed by atoms with Crippen molar-refractivity contribution in [3.63, 3.8) is 0 Å². The molecule has 6 heteroatoms. The van der Waals surface area contributed by atoms with Crippen LogP contribution in [0.25, 0.3) is 72.3 Å². The van der Waals surface area contributed by atoms with Crippen LogP contribution in [-0.4, -0.2) is 14.1 Å². The Balaban J connectivity index is 0.00000672. The largest absolute Gasteiger partial charge is 0.510 e. The molecule has 3 aromatic heterocycles. The smallest absolute Gasteiger partial charge is 0.268 e. The van der Waals surface area contributed by atoms with Crippen molar-refractivity contribution in [2.45, 2.75) is 78.6 Å². The first-order chi connectivity index (χ1) is 34.5. The molecule has 5 nitrogen and oxygen atoms in total. The summed E-state index contributed by atoms with van der Waals surface area (Å²) >= 11 is 0. The number of para-hydroxylation sites is 4. The molecule has 0 radical (unpaired) electrons. The van der Waals surface area contributed by atoms with E-state index in [2.05, 4.69) is 62.0 Å². The monoisotopic (exact) mass is 1050 g/mol. The Bertz CT molecular complexity index is 3830. The van der Waals surface area contributed by atoms with Crippen molar-refractivity contribution < 1.29 is 41.3 Å². The predicted octanol–water partition coefficient (Wildman–Crippen LogP) is 14.8. The van der Waals surface area contributed by atoms with Crippen LogP contribution in [0, 0.1) is 18.5 Å². The number of hydrogen-bond donors (Lipinski definition) is 0. The summed E-state index contributed by atoms with van der Waals surface area (Å²) in [5.74, 6) is 1.64. The van der Waals surface area contributed by atoms with Crippen molar-refractivity contribution in [3.05, 3.63) is 199 Å². The van der Waals surface area contributed by atoms with Crippen LogP contribution in [0.5, 0.6) is 11.5 Å². The number of hydrogen-bond acceptors (Lipinski definition) is 2. The van der Waals surface area contributed by atoms with Gasteiger partial charge in [-0.05, 0) is 84.5 Å². The maximum Gasteiger partial charge on any atom is 0.268 e. The van der Waals surface area contributed by atoms with Crippen LogP contribution in [0.2, 0.25) is 0 Å². The molecule has 0 unspecified atom stereocenters. The van der Waals surface area contributed by atoms with E-state index in [4.69, 9.17) is 13.8 Å². The fraction of sp³-hybridized carbons (Fsp3) is 0.200. The van der Waals surface area contributed by atoms with Gasteiger partial charge in [-0.25, -0.2) is 4.98 Å². The Labute approximate surface area is 414 Å². The average molecular weight is 1050 g/mol. The Morgan fingerprint density at radius 1 is 0.591 bits per heavy atom. The van der Waals surface area contributed by atoms with Gasteiger partial charge in [-0.1, -0.05) is 177 Å². The molecule has 0 aliphatic carbocycles. The molecular weight excluding hydrogens is 988 g/mol. The summed E-state index contributed by atoms with van der Waals surface area (Å²) in [6.45, 7) is 18.3. The van der Waals surface area contributed by atoms with Crippen molar-refractivity contribution in [2.24, 2.45) is 0 Å². The van der Waals surface area contributed by atoms with Crippen molar-refractivity contribution in [2.75, 3.05) is 0 Å². The zero-order valence-corrected chi connectivity index (χ0v) is 40.8. The normalized spacial score (nSPS) is 13.9. The molecule has 66 heavy (non-hydrogen) atoms. The summed E-state index contributed by atoms with van der Waals surface area (Å²) < 4.78 is 85.8. The van der Waals surface area contributed by atoms with Gasteiger partial charge in [0.2, 0.25) is 0 Å². The van der Waals surface area contributed by atoms with Gasteiger partial charge in [-0.15, -0.1) is 29.7 Å². The maximum absolute atomic E-state index is 9.87. The summed E-state index contributed by atoms with van der Waals surface area (Å²) in [6, 6.07) is 39.5. The number of benzene rings is 7. The van der Waals surface area contributed by atoms with Gasteiger partial charge in [0.1, 0.15) is 5.82 Å². The third-order valence-corrected chi connectivity index (χ3v) is 11.7. The van der Waals surface area contributed by atoms with E-state index in [1.54, 1.807) is 22.8 Å². The van der Waals surface area contributed by atoms with Gasteiger partial charge in [-0.3, -0.25) is 4.57 Å². The fourth-order valence-corrected chi connectivity index (χ4v) is 8.25. The standard InChI is InChI=1S/C60H54N4O.Pt/c1-58(2,3)42-31-32-61-56(36-42)64-52-26-14-13-23-50(52)51-30-29-47(38-55(51)64)65-46-22-17-21-45(37-46)62-39-63(54-28-16-15-27-53(54)62)57-48(40-19-11-10-12-20-40)24-18-25-49(57)41-33-43(59(4,5)6)35-44(34-41)60(7,8)9;/h10-36H,1-9H3;/q-2;/i10D,11D,12D,19D,20D,33D,34D,35D;. The number of aromatic nitrogens is 4. The minimum atomic E-state index is -0.670. The van der Waals surface area contributed by atoms with Gasteiger partial charge < -0.3 is 13.9 Å². The second kappa shape index (κ2) is 17.0. The molecule has 0 atom stereocenters. The number of rotatable bonds is 7. The van der Waals surface area contributed by atoms with Crippen LogP contribution in [0.1, 0.15) is 90.0 Å². The Morgan fingerprint density at radius 2 is 1.23 bits per heavy atom. The first-order valence-corrected chi connectivity index (χ1v) is 21.9. The molecule has 10 aromatic rings. The van der Waals surface area contributed by atoms with Crippen molar-refractivity contribution >= 4 is 32.8 Å². The fourth-order valence-electron chi connectivity index (χ4n) is 8.25. The SMILES string of the molecule is [2H]c1c([2H])c([2H])c(-c2cccc(-c3c([2H])c(C(C)(C)C)c([2H])c(C(C)(C)C)c3[2H])c2-[n+]2[c-]n(-c3[c-]c(Oc4[c-]c5c(cc4)c4ccccc4n5-c4cc(C(C)(C)C)ccn4)ccc3)c3ccccc32)c([2H])c1[2H].[Pt]. The number of nitrogens with zero attached hydrogens (tertiary/aromatic N) is 4. The molecular formula is C60H54N4OPt-2. The Morgan fingerprint density at radius 3 is 1.94 bits per heavy atom. The molecule has 0 aliphatic rings. The molecule has 0 amide bonds. The third-order valence-electron chi connectivity index (χ3n) is 11.7. The topological polar surface area (TPSA) is 35.9 Å². The molecule has 0 aliphatic heterocycles. The summed E-state index contributed by atoms with van der Waals surface area (Å²) in [4.78, 5) is 4.83. The molecule has 0 saturated heterocycles. The Hall–Kier alpha value is -6.55. The minimum Gasteiger partial charge on any atom is -0.510 e. The zero-order valence-electron chi connectivity index (χ0n) is 46.5. The predicted molar refractivity (Wildman–Crippen MR) is 267 cm³/mol. The number of imidazole rings is 1. The summed E-state index contributed by atoms with van der Waals surface area (Å²) in [5, 5.41) is 2.06. The molecule has 0 bridgehead atoms. The van der Waals surface area contributed by atoms with Crippen LogP contribution in [0.3, 0.4) is 0 Å². The first-order valence-electron chi connectivity index (χ1n) is 25.9. The maximum atomic E-state index is 9.87. The van der Waals surface area contributed by atoms with Gasteiger partial charge in [-0.2, -0.15) is 18.2 Å². The summed E-state index contributed by atoms with van der Waals surface area (Å²) in [5.41, 5.74) is 5.52. The van der Waals surface area contributed by atoms with E-state index in [0.29, 0.717) is 50.6 Å². The number of fused-ring (bicyclic) bond motifs is 4. The van der Waals surface area contributed by atoms with E-state index < -0.39 is 41.0 Å². The summed E-state index contributed by atoms with van der Waals surface area (Å²) in [6.07, 6.45) is 5.39. The average Bonchev–Trinajstić information content (AvgIpc) is 3.88. The molecule has 7 aromatic carbocycles. The Kier molecular flexibility index (Phi) is 9.20. The van der Waals surface area contributed by atoms with Gasteiger partial charge in [0.15, 0.2) is 0 Å². The van der Waals surface area contributed by atoms with Crippen molar-refractivity contribution in [1.29, 1.82) is 0 Å². The molecule has 0 fully saturated rings. The van der Waals surface area contributed by atoms with E-state index in [9.17, 15) is 6.85 Å². The van der Waals surface area contributed by atoms with E-state index in [-0.39, 0.29) is 61.3 Å². The first kappa shape index (κ1) is 35.7. The van der Waals surface area contributed by atoms with E-state index in [1.807, 2.05) is 125 Å². The number of ether oxygens (including phenoxy) is 1. The van der Waals surface area contributed by atoms with Gasteiger partial charge >= 0.3 is 0 Å². The molecule has 0 N–H and O–H groups in total. The summed E-state index contributed by atoms with van der Waals surface area (Å²) in [7, 11) is 0. The zero-order chi connectivity index (χ0) is 52.2. The molecule has 3 heterocycles. The van der Waals surface area contributed by atoms with E-state index in [1.165, 1.54) is 0 Å². The van der Waals surface area contributed by atoms with Crippen LogP contribution in [-0.2, 0) is 37.3 Å². The van der Waals surface area contributed by atoms with E-state index >= 15 is 0 Å². The molecule has 10 rings (SSSR count). The van der Waals surface area contributed by atoms with Crippen molar-refractivity contribution in [3.8, 4) is 50.9 Å². The van der Waals surface area contributed by atoms with Crippen LogP contribution >= 0.6 is 0 Å². The van der Waals surface area contributed by atoms with Crippen LogP contribution < -0.4 is 9.30 Å². The van der Waals surface area contributed by atoms with Gasteiger partial charge in [0, 0.05) is 44.3 Å². The quantitative estimate of drug-likeness (QED) is 0.118.